The van der Waals surface area contributed by atoms with Gasteiger partial charge in [0.15, 0.2) is 17.0 Å². The third-order valence-corrected chi connectivity index (χ3v) is 4.68. The fraction of sp³-hybridized carbons (Fsp3) is 0.667. The molecule has 0 N–H and O–H groups in total. The molecule has 0 radical (unpaired) electrons. The van der Waals surface area contributed by atoms with Crippen LogP contribution in [0.1, 0.15) is 25.1 Å². The van der Waals surface area contributed by atoms with Crippen LogP contribution in [-0.2, 0) is 13.0 Å². The third-order valence-electron chi connectivity index (χ3n) is 4.68. The van der Waals surface area contributed by atoms with Crippen LogP contribution in [-0.4, -0.2) is 57.6 Å². The van der Waals surface area contributed by atoms with E-state index in [1.807, 2.05) is 0 Å². The first-order chi connectivity index (χ1) is 10.3. The van der Waals surface area contributed by atoms with Crippen molar-refractivity contribution in [3.05, 3.63) is 12.2 Å². The van der Waals surface area contributed by atoms with Crippen LogP contribution in [0, 0.1) is 0 Å². The summed E-state index contributed by atoms with van der Waals surface area (Å²) >= 11 is 0. The van der Waals surface area contributed by atoms with Gasteiger partial charge >= 0.3 is 0 Å². The quantitative estimate of drug-likeness (QED) is 0.791. The molecule has 0 aliphatic carbocycles. The van der Waals surface area contributed by atoms with E-state index in [1.54, 1.807) is 6.33 Å². The predicted molar refractivity (Wildman–Crippen MR) is 82.6 cm³/mol. The smallest absolute Gasteiger partial charge is 0.165 e. The topological polar surface area (TPSA) is 50.1 Å². The zero-order chi connectivity index (χ0) is 14.2. The number of hydrogen-bond donors (Lipinski definition) is 0. The summed E-state index contributed by atoms with van der Waals surface area (Å²) < 4.78 is 2.31. The van der Waals surface area contributed by atoms with Gasteiger partial charge < -0.3 is 14.4 Å². The summed E-state index contributed by atoms with van der Waals surface area (Å²) in [5.74, 6) is 2.21. The number of rotatable bonds is 1. The molecule has 1 fully saturated rings. The molecule has 2 aliphatic heterocycles. The van der Waals surface area contributed by atoms with Gasteiger partial charge in [0.2, 0.25) is 0 Å². The van der Waals surface area contributed by atoms with Gasteiger partial charge in [-0.3, -0.25) is 0 Å². The summed E-state index contributed by atoms with van der Waals surface area (Å²) in [6, 6.07) is 0. The van der Waals surface area contributed by atoms with Crippen molar-refractivity contribution < 1.29 is 0 Å². The fourth-order valence-electron chi connectivity index (χ4n) is 3.38. The van der Waals surface area contributed by atoms with Crippen molar-refractivity contribution in [2.75, 3.05) is 38.1 Å². The zero-order valence-electron chi connectivity index (χ0n) is 12.6. The van der Waals surface area contributed by atoms with Crippen molar-refractivity contribution in [2.24, 2.45) is 0 Å². The highest BCUT2D eigenvalue weighted by Crippen LogP contribution is 2.26. The van der Waals surface area contributed by atoms with Gasteiger partial charge in [-0.1, -0.05) is 6.42 Å². The number of likely N-dealkylation sites (N-methyl/N-ethyl adjacent to an activating group) is 1. The second kappa shape index (κ2) is 5.26. The van der Waals surface area contributed by atoms with E-state index in [4.69, 9.17) is 4.98 Å². The summed E-state index contributed by atoms with van der Waals surface area (Å²) in [6.07, 6.45) is 6.53. The van der Waals surface area contributed by atoms with Gasteiger partial charge in [-0.05, 0) is 19.9 Å². The van der Waals surface area contributed by atoms with Crippen LogP contribution in [0.5, 0.6) is 0 Å². The first kappa shape index (κ1) is 13.0. The summed E-state index contributed by atoms with van der Waals surface area (Å²) in [5.41, 5.74) is 2.02. The van der Waals surface area contributed by atoms with Gasteiger partial charge in [-0.25, -0.2) is 15.0 Å². The number of nitrogens with zero attached hydrogens (tertiary/aromatic N) is 6. The number of aromatic nitrogens is 4. The number of imidazole rings is 1. The van der Waals surface area contributed by atoms with Gasteiger partial charge in [-0.2, -0.15) is 0 Å². The van der Waals surface area contributed by atoms with Crippen LogP contribution >= 0.6 is 0 Å². The van der Waals surface area contributed by atoms with Crippen molar-refractivity contribution in [1.82, 2.24) is 24.4 Å². The Labute approximate surface area is 124 Å². The monoisotopic (exact) mass is 286 g/mol. The van der Waals surface area contributed by atoms with E-state index in [9.17, 15) is 0 Å². The van der Waals surface area contributed by atoms with Gasteiger partial charge in [0.25, 0.3) is 0 Å². The molecule has 0 bridgehead atoms. The molecule has 4 heterocycles. The Morgan fingerprint density at radius 3 is 2.67 bits per heavy atom. The first-order valence-corrected chi connectivity index (χ1v) is 7.96. The lowest BCUT2D eigenvalue weighted by Crippen LogP contribution is -2.44. The Morgan fingerprint density at radius 1 is 0.952 bits per heavy atom. The fourth-order valence-corrected chi connectivity index (χ4v) is 3.38. The molecule has 1 saturated heterocycles. The highest BCUT2D eigenvalue weighted by Gasteiger charge is 2.22. The molecule has 6 nitrogen and oxygen atoms in total. The second-order valence-electron chi connectivity index (χ2n) is 6.15. The standard InChI is InChI=1S/C15H22N6/c1-19-7-9-20(10-8-19)14-13-15(17-11-16-14)21-6-4-2-3-5-12(21)18-13/h11H,2-10H2,1H3. The maximum atomic E-state index is 4.89. The van der Waals surface area contributed by atoms with Crippen LogP contribution in [0.3, 0.4) is 0 Å². The molecule has 4 rings (SSSR count). The molecule has 2 aliphatic rings. The molecule has 0 spiro atoms. The predicted octanol–water partition coefficient (Wildman–Crippen LogP) is 1.30. The minimum absolute atomic E-state index is 0.999. The average Bonchev–Trinajstić information content (AvgIpc) is 2.70. The van der Waals surface area contributed by atoms with Gasteiger partial charge in [0.05, 0.1) is 0 Å². The molecule has 0 aromatic carbocycles. The molecule has 0 unspecified atom stereocenters. The van der Waals surface area contributed by atoms with Crippen molar-refractivity contribution in [2.45, 2.75) is 32.2 Å². The Hall–Kier alpha value is -1.69. The lowest BCUT2D eigenvalue weighted by atomic mass is 10.2. The van der Waals surface area contributed by atoms with Gasteiger partial charge in [0, 0.05) is 39.1 Å². The van der Waals surface area contributed by atoms with Crippen molar-refractivity contribution in [3.63, 3.8) is 0 Å². The highest BCUT2D eigenvalue weighted by atomic mass is 15.3. The molecule has 6 heteroatoms. The number of aryl methyl sites for hydroxylation is 2. The zero-order valence-corrected chi connectivity index (χ0v) is 12.6. The largest absolute Gasteiger partial charge is 0.352 e. The van der Waals surface area contributed by atoms with E-state index >= 15 is 0 Å². The van der Waals surface area contributed by atoms with E-state index in [1.165, 1.54) is 25.1 Å². The van der Waals surface area contributed by atoms with Gasteiger partial charge in [0.1, 0.15) is 12.2 Å². The number of hydrogen-bond acceptors (Lipinski definition) is 5. The number of anilines is 1. The maximum Gasteiger partial charge on any atom is 0.165 e. The molecule has 0 saturated carbocycles. The lowest BCUT2D eigenvalue weighted by molar-refractivity contribution is 0.312. The summed E-state index contributed by atoms with van der Waals surface area (Å²) in [5, 5.41) is 0. The molecule has 21 heavy (non-hydrogen) atoms. The van der Waals surface area contributed by atoms with Crippen molar-refractivity contribution >= 4 is 17.0 Å². The minimum atomic E-state index is 0.999. The summed E-state index contributed by atoms with van der Waals surface area (Å²) in [6.45, 7) is 5.25. The van der Waals surface area contributed by atoms with E-state index in [2.05, 4.69) is 31.4 Å². The Balaban J connectivity index is 1.76. The van der Waals surface area contributed by atoms with E-state index in [-0.39, 0.29) is 0 Å². The Morgan fingerprint density at radius 2 is 1.81 bits per heavy atom. The van der Waals surface area contributed by atoms with Crippen LogP contribution in [0.4, 0.5) is 5.82 Å². The first-order valence-electron chi connectivity index (χ1n) is 7.96. The number of piperazine rings is 1. The van der Waals surface area contributed by atoms with E-state index in [0.717, 1.165) is 56.1 Å². The Bertz CT molecular complexity index is 641. The Kier molecular flexibility index (Phi) is 3.25. The van der Waals surface area contributed by atoms with Crippen LogP contribution in [0.25, 0.3) is 11.2 Å². The van der Waals surface area contributed by atoms with Crippen LogP contribution in [0.15, 0.2) is 6.33 Å². The van der Waals surface area contributed by atoms with Crippen LogP contribution < -0.4 is 4.90 Å². The highest BCUT2D eigenvalue weighted by molar-refractivity contribution is 5.84. The molecule has 2 aromatic heterocycles. The van der Waals surface area contributed by atoms with E-state index in [0.29, 0.717) is 0 Å². The van der Waals surface area contributed by atoms with Crippen molar-refractivity contribution in [1.29, 1.82) is 0 Å². The normalized spacial score (nSPS) is 20.5. The SMILES string of the molecule is CN1CCN(c2ncnc3c2nc2n3CCCCC2)CC1. The summed E-state index contributed by atoms with van der Waals surface area (Å²) in [4.78, 5) is 18.7. The molecule has 0 amide bonds. The maximum absolute atomic E-state index is 4.89. The number of fused-ring (bicyclic) bond motifs is 3. The molecule has 112 valence electrons. The third kappa shape index (κ3) is 2.27. The van der Waals surface area contributed by atoms with Crippen molar-refractivity contribution in [3.8, 4) is 0 Å². The molecular weight excluding hydrogens is 264 g/mol. The van der Waals surface area contributed by atoms with Crippen LogP contribution in [0.2, 0.25) is 0 Å². The average molecular weight is 286 g/mol. The summed E-state index contributed by atoms with van der Waals surface area (Å²) in [7, 11) is 2.17. The van der Waals surface area contributed by atoms with Gasteiger partial charge in [-0.15, -0.1) is 0 Å². The molecule has 0 atom stereocenters. The minimum Gasteiger partial charge on any atom is -0.352 e. The second-order valence-corrected chi connectivity index (χ2v) is 6.15. The molecule has 2 aromatic rings. The molecular formula is C15H22N6. The lowest BCUT2D eigenvalue weighted by Gasteiger charge is -2.33. The van der Waals surface area contributed by atoms with E-state index < -0.39 is 0 Å².